The third-order valence-corrected chi connectivity index (χ3v) is 7.05. The number of nitrogens with zero attached hydrogens (tertiary/aromatic N) is 2. The number of aliphatic hydroxyl groups is 1. The van der Waals surface area contributed by atoms with Crippen LogP contribution in [0, 0.1) is 0 Å². The number of alkyl halides is 1. The number of halogens is 1. The molecule has 4 rings (SSSR count). The highest BCUT2D eigenvalue weighted by atomic mass is 35.5. The van der Waals surface area contributed by atoms with E-state index in [4.69, 9.17) is 11.6 Å². The first-order valence-electron chi connectivity index (χ1n) is 8.86. The van der Waals surface area contributed by atoms with Crippen molar-refractivity contribution in [3.8, 4) is 0 Å². The van der Waals surface area contributed by atoms with Gasteiger partial charge in [0.2, 0.25) is 10.0 Å². The Hall–Kier alpha value is -2.13. The van der Waals surface area contributed by atoms with Crippen LogP contribution in [-0.2, 0) is 21.2 Å². The molecule has 2 aromatic carbocycles. The molecule has 2 unspecified atom stereocenters. The van der Waals surface area contributed by atoms with Crippen LogP contribution in [0.4, 0.5) is 11.4 Å². The molecule has 2 atom stereocenters. The van der Waals surface area contributed by atoms with Gasteiger partial charge in [-0.2, -0.15) is 0 Å². The second-order valence-corrected chi connectivity index (χ2v) is 8.90. The molecule has 7 nitrogen and oxygen atoms in total. The van der Waals surface area contributed by atoms with Crippen LogP contribution in [0.2, 0.25) is 0 Å². The zero-order valence-corrected chi connectivity index (χ0v) is 16.7. The Bertz CT molecular complexity index is 1040. The molecule has 2 aromatic rings. The van der Waals surface area contributed by atoms with Crippen molar-refractivity contribution in [1.29, 1.82) is 0 Å². The largest absolute Gasteiger partial charge is 0.386 e. The molecular formula is C19H20ClN3O4S. The average molecular weight is 422 g/mol. The van der Waals surface area contributed by atoms with E-state index in [2.05, 4.69) is 4.72 Å². The van der Waals surface area contributed by atoms with Crippen molar-refractivity contribution < 1.29 is 18.3 Å². The molecule has 2 N–H and O–H groups in total. The molecule has 148 valence electrons. The summed E-state index contributed by atoms with van der Waals surface area (Å²) in [5.74, 6) is -0.257. The summed E-state index contributed by atoms with van der Waals surface area (Å²) in [7, 11) is -2.35. The van der Waals surface area contributed by atoms with Crippen LogP contribution < -0.4 is 14.5 Å². The van der Waals surface area contributed by atoms with Gasteiger partial charge in [0.1, 0.15) is 12.1 Å². The number of carbonyl (C=O) groups excluding carboxylic acids is 1. The zero-order chi connectivity index (χ0) is 20.1. The molecule has 2 aliphatic heterocycles. The lowest BCUT2D eigenvalue weighted by molar-refractivity contribution is -0.121. The van der Waals surface area contributed by atoms with Crippen molar-refractivity contribution in [2.24, 2.45) is 0 Å². The second kappa shape index (κ2) is 7.04. The summed E-state index contributed by atoms with van der Waals surface area (Å²) < 4.78 is 26.5. The maximum absolute atomic E-state index is 13.3. The number of para-hydroxylation sites is 1. The molecule has 2 aliphatic rings. The smallest absolute Gasteiger partial charge is 0.252 e. The minimum atomic E-state index is -3.67. The second-order valence-electron chi connectivity index (χ2n) is 6.78. The monoisotopic (exact) mass is 421 g/mol. The number of rotatable bonds is 4. The van der Waals surface area contributed by atoms with E-state index in [0.717, 1.165) is 17.7 Å². The summed E-state index contributed by atoms with van der Waals surface area (Å²) in [6, 6.07) is 11.2. The number of carbonyl (C=O) groups is 1. The number of sulfonamides is 1. The molecule has 28 heavy (non-hydrogen) atoms. The fourth-order valence-electron chi connectivity index (χ4n) is 3.94. The molecule has 2 heterocycles. The maximum Gasteiger partial charge on any atom is 0.252 e. The molecular weight excluding hydrogens is 402 g/mol. The van der Waals surface area contributed by atoms with Gasteiger partial charge in [0.15, 0.2) is 0 Å². The van der Waals surface area contributed by atoms with Gasteiger partial charge in [-0.3, -0.25) is 4.79 Å². The summed E-state index contributed by atoms with van der Waals surface area (Å²) in [5, 5.41) is 10.9. The van der Waals surface area contributed by atoms with Crippen molar-refractivity contribution in [3.05, 3.63) is 53.6 Å². The topological polar surface area (TPSA) is 89.9 Å². The lowest BCUT2D eigenvalue weighted by Gasteiger charge is -2.29. The summed E-state index contributed by atoms with van der Waals surface area (Å²) in [5.41, 5.74) is 2.86. The number of benzene rings is 2. The van der Waals surface area contributed by atoms with Crippen molar-refractivity contribution in [2.45, 2.75) is 23.5 Å². The maximum atomic E-state index is 13.3. The van der Waals surface area contributed by atoms with Crippen molar-refractivity contribution >= 4 is 38.9 Å². The first-order chi connectivity index (χ1) is 13.4. The molecule has 9 heteroatoms. The van der Waals surface area contributed by atoms with Gasteiger partial charge in [-0.25, -0.2) is 13.1 Å². The average Bonchev–Trinajstić information content (AvgIpc) is 3.26. The van der Waals surface area contributed by atoms with Crippen LogP contribution in [0.1, 0.15) is 17.2 Å². The Morgan fingerprint density at radius 3 is 2.71 bits per heavy atom. The number of fused-ring (bicyclic) bond motifs is 2. The number of hydrogen-bond acceptors (Lipinski definition) is 5. The fraction of sp³-hybridized carbons (Fsp3) is 0.316. The predicted molar refractivity (Wildman–Crippen MR) is 107 cm³/mol. The van der Waals surface area contributed by atoms with Gasteiger partial charge in [-0.1, -0.05) is 18.2 Å². The minimum absolute atomic E-state index is 0.00588. The number of anilines is 2. The highest BCUT2D eigenvalue weighted by molar-refractivity contribution is 7.89. The van der Waals surface area contributed by atoms with Crippen molar-refractivity contribution in [1.82, 2.24) is 4.72 Å². The molecule has 0 aliphatic carbocycles. The molecule has 0 aromatic heterocycles. The van der Waals surface area contributed by atoms with Crippen LogP contribution in [0.25, 0.3) is 0 Å². The first kappa shape index (κ1) is 19.2. The Labute approximate surface area is 168 Å². The quantitative estimate of drug-likeness (QED) is 0.578. The summed E-state index contributed by atoms with van der Waals surface area (Å²) in [6.07, 6.45) is -0.427. The SMILES string of the molecule is CNS(=O)(=O)c1ccc2c(c1)C(O)C(C(=O)N1CCc3ccccc31)N2CCl. The number of aliphatic hydroxyl groups excluding tert-OH is 1. The van der Waals surface area contributed by atoms with Gasteiger partial charge in [0.05, 0.1) is 10.9 Å². The van der Waals surface area contributed by atoms with Crippen LogP contribution in [0.15, 0.2) is 47.4 Å². The minimum Gasteiger partial charge on any atom is -0.386 e. The molecule has 0 saturated heterocycles. The summed E-state index contributed by atoms with van der Waals surface area (Å²) in [6.45, 7) is 0.535. The van der Waals surface area contributed by atoms with E-state index in [1.807, 2.05) is 24.3 Å². The number of hydrogen-bond donors (Lipinski definition) is 2. The van der Waals surface area contributed by atoms with E-state index in [9.17, 15) is 18.3 Å². The van der Waals surface area contributed by atoms with Crippen LogP contribution >= 0.6 is 11.6 Å². The Morgan fingerprint density at radius 1 is 1.25 bits per heavy atom. The predicted octanol–water partition coefficient (Wildman–Crippen LogP) is 1.60. The fourth-order valence-corrected chi connectivity index (χ4v) is 4.98. The first-order valence-corrected chi connectivity index (χ1v) is 10.9. The summed E-state index contributed by atoms with van der Waals surface area (Å²) >= 11 is 6.12. The highest BCUT2D eigenvalue weighted by Crippen LogP contribution is 2.42. The Morgan fingerprint density at radius 2 is 2.00 bits per heavy atom. The van der Waals surface area contributed by atoms with Gasteiger partial charge >= 0.3 is 0 Å². The van der Waals surface area contributed by atoms with Crippen LogP contribution in [0.5, 0.6) is 0 Å². The third kappa shape index (κ3) is 2.88. The van der Waals surface area contributed by atoms with Crippen LogP contribution in [0.3, 0.4) is 0 Å². The van der Waals surface area contributed by atoms with E-state index in [0.29, 0.717) is 17.8 Å². The highest BCUT2D eigenvalue weighted by Gasteiger charge is 2.45. The molecule has 0 spiro atoms. The molecule has 1 amide bonds. The van der Waals surface area contributed by atoms with Crippen molar-refractivity contribution in [2.75, 3.05) is 29.4 Å². The van der Waals surface area contributed by atoms with Gasteiger partial charge in [-0.05, 0) is 43.3 Å². The third-order valence-electron chi connectivity index (χ3n) is 5.38. The van der Waals surface area contributed by atoms with E-state index in [1.165, 1.54) is 19.2 Å². The Balaban J connectivity index is 1.72. The lowest BCUT2D eigenvalue weighted by atomic mass is 10.1. The molecule has 0 saturated carbocycles. The van der Waals surface area contributed by atoms with E-state index in [1.54, 1.807) is 15.9 Å². The van der Waals surface area contributed by atoms with Crippen molar-refractivity contribution in [3.63, 3.8) is 0 Å². The number of amides is 1. The normalized spacial score (nSPS) is 21.0. The molecule has 0 radical (unpaired) electrons. The Kier molecular flexibility index (Phi) is 4.83. The molecule has 0 bridgehead atoms. The zero-order valence-electron chi connectivity index (χ0n) is 15.2. The standard InChI is InChI=1S/C19H20ClN3O4S/c1-21-28(26,27)13-6-7-16-14(10-13)18(24)17(23(16)11-20)19(25)22-9-8-12-4-2-3-5-15(12)22/h2-7,10,17-18,21,24H,8-9,11H2,1H3. The number of nitrogens with one attached hydrogen (secondary N) is 1. The lowest BCUT2D eigenvalue weighted by Crippen LogP contribution is -2.48. The van der Waals surface area contributed by atoms with Crippen LogP contribution in [-0.4, -0.2) is 45.1 Å². The van der Waals surface area contributed by atoms with E-state index in [-0.39, 0.29) is 16.8 Å². The van der Waals surface area contributed by atoms with Gasteiger partial charge < -0.3 is 14.9 Å². The van der Waals surface area contributed by atoms with Gasteiger partial charge in [0, 0.05) is 23.5 Å². The summed E-state index contributed by atoms with van der Waals surface area (Å²) in [4.78, 5) is 16.6. The van der Waals surface area contributed by atoms with E-state index >= 15 is 0 Å². The van der Waals surface area contributed by atoms with Gasteiger partial charge in [-0.15, -0.1) is 11.6 Å². The van der Waals surface area contributed by atoms with E-state index < -0.39 is 22.2 Å². The molecule has 0 fully saturated rings. The van der Waals surface area contributed by atoms with Gasteiger partial charge in [0.25, 0.3) is 5.91 Å².